The molecule has 0 aromatic rings. The Kier molecular flexibility index (Phi) is 6.05. The first-order valence-electron chi connectivity index (χ1n) is 4.91. The minimum atomic E-state index is -2.93. The highest BCUT2D eigenvalue weighted by Gasteiger charge is 2.32. The lowest BCUT2D eigenvalue weighted by Gasteiger charge is -2.15. The molecule has 0 rings (SSSR count). The van der Waals surface area contributed by atoms with E-state index in [2.05, 4.69) is 4.99 Å². The van der Waals surface area contributed by atoms with Gasteiger partial charge in [0.05, 0.1) is 0 Å². The summed E-state index contributed by atoms with van der Waals surface area (Å²) in [6, 6.07) is -1.23. The largest absolute Gasteiger partial charge is 0.480 e. The lowest BCUT2D eigenvalue weighted by molar-refractivity contribution is -0.563. The molecule has 0 spiro atoms. The molecule has 1 unspecified atom stereocenters. The van der Waals surface area contributed by atoms with E-state index in [4.69, 9.17) is 10.8 Å². The second-order valence-electron chi connectivity index (χ2n) is 3.61. The van der Waals surface area contributed by atoms with E-state index in [0.717, 1.165) is 0 Å². The molecule has 94 valence electrons. The fourth-order valence-corrected chi connectivity index (χ4v) is 0.981. The summed E-state index contributed by atoms with van der Waals surface area (Å²) < 4.78 is 26.4. The number of aliphatic imine (C=N–C) groups is 1. The molecule has 1 atom stereocenters. The van der Waals surface area contributed by atoms with Crippen molar-refractivity contribution >= 4 is 11.8 Å². The fraction of sp³-hybridized carbons (Fsp3) is 0.778. The zero-order valence-corrected chi connectivity index (χ0v) is 9.41. The number of nitrogens with zero attached hydrogens (tertiary/aromatic N) is 1. The van der Waals surface area contributed by atoms with Crippen molar-refractivity contribution in [2.24, 2.45) is 10.7 Å². The van der Waals surface area contributed by atoms with Crippen LogP contribution in [0.15, 0.2) is 4.99 Å². The number of hydrogen-bond donors (Lipinski definition) is 3. The second-order valence-corrected chi connectivity index (χ2v) is 3.61. The first kappa shape index (κ1) is 14.9. The Morgan fingerprint density at radius 2 is 2.19 bits per heavy atom. The predicted molar refractivity (Wildman–Crippen MR) is 55.6 cm³/mol. The maximum atomic E-state index is 13.2. The van der Waals surface area contributed by atoms with E-state index in [1.807, 2.05) is 0 Å². The monoisotopic (exact) mass is 238 g/mol. The van der Waals surface area contributed by atoms with Crippen LogP contribution in [0.25, 0.3) is 0 Å². The molecule has 5 nitrogen and oxygen atoms in total. The van der Waals surface area contributed by atoms with Gasteiger partial charge in [-0.1, -0.05) is 0 Å². The number of amidine groups is 1. The quantitative estimate of drug-likeness (QED) is 0.427. The van der Waals surface area contributed by atoms with Crippen molar-refractivity contribution in [3.8, 4) is 0 Å². The van der Waals surface area contributed by atoms with E-state index in [1.165, 1.54) is 12.4 Å². The number of aliphatic carboxylic acids is 1. The molecule has 0 fully saturated rings. The SMILES string of the molecule is CN=C(C)[NH2+]CC(F)(F)CCC(N)C(=O)O. The standard InChI is InChI=1S/C9H17F2N3O2/c1-6(13-2)14-5-9(10,11)4-3-7(12)8(15)16/h7H,3-5,12H2,1-2H3,(H,13,14)(H,15,16)/p+1. The van der Waals surface area contributed by atoms with Crippen LogP contribution in [0.2, 0.25) is 0 Å². The Morgan fingerprint density at radius 3 is 2.62 bits per heavy atom. The first-order chi connectivity index (χ1) is 7.28. The lowest BCUT2D eigenvalue weighted by Crippen LogP contribution is -2.90. The van der Waals surface area contributed by atoms with Gasteiger partial charge in [0.2, 0.25) is 0 Å². The number of carboxylic acids is 1. The number of carboxylic acid groups (broad SMARTS) is 1. The summed E-state index contributed by atoms with van der Waals surface area (Å²) in [6.45, 7) is 1.18. The summed E-state index contributed by atoms with van der Waals surface area (Å²) in [6.07, 6.45) is -0.771. The van der Waals surface area contributed by atoms with Crippen molar-refractivity contribution in [1.82, 2.24) is 0 Å². The molecule has 0 aliphatic heterocycles. The third-order valence-corrected chi connectivity index (χ3v) is 2.19. The number of nitrogens with two attached hydrogens (primary N) is 2. The van der Waals surface area contributed by atoms with Crippen LogP contribution in [0.4, 0.5) is 8.78 Å². The smallest absolute Gasteiger partial charge is 0.320 e. The maximum absolute atomic E-state index is 13.2. The molecule has 5 N–H and O–H groups in total. The number of halogens is 2. The van der Waals surface area contributed by atoms with E-state index in [9.17, 15) is 13.6 Å². The average Bonchev–Trinajstić information content (AvgIpc) is 2.22. The highest BCUT2D eigenvalue weighted by molar-refractivity contribution is 5.73. The van der Waals surface area contributed by atoms with E-state index >= 15 is 0 Å². The molecule has 0 heterocycles. The van der Waals surface area contributed by atoms with Gasteiger partial charge in [0.25, 0.3) is 5.92 Å². The second kappa shape index (κ2) is 6.49. The van der Waals surface area contributed by atoms with Gasteiger partial charge in [-0.2, -0.15) is 0 Å². The Bertz CT molecular complexity index is 269. The van der Waals surface area contributed by atoms with Crippen LogP contribution in [0, 0.1) is 0 Å². The molecular formula is C9H18F2N3O2+. The molecule has 7 heteroatoms. The zero-order valence-electron chi connectivity index (χ0n) is 9.41. The predicted octanol–water partition coefficient (Wildman–Crippen LogP) is -0.575. The van der Waals surface area contributed by atoms with E-state index in [-0.39, 0.29) is 6.42 Å². The van der Waals surface area contributed by atoms with Gasteiger partial charge in [-0.3, -0.25) is 10.1 Å². The normalized spacial score (nSPS) is 14.9. The minimum absolute atomic E-state index is 0.238. The van der Waals surface area contributed by atoms with E-state index in [1.54, 1.807) is 6.92 Å². The van der Waals surface area contributed by atoms with Crippen molar-refractivity contribution < 1.29 is 24.0 Å². The van der Waals surface area contributed by atoms with Crippen LogP contribution in [0.1, 0.15) is 19.8 Å². The first-order valence-corrected chi connectivity index (χ1v) is 4.91. The summed E-state index contributed by atoms with van der Waals surface area (Å²) in [5, 5.41) is 9.76. The van der Waals surface area contributed by atoms with E-state index < -0.39 is 30.9 Å². The summed E-state index contributed by atoms with van der Waals surface area (Å²) >= 11 is 0. The van der Waals surface area contributed by atoms with Crippen LogP contribution in [0.5, 0.6) is 0 Å². The maximum Gasteiger partial charge on any atom is 0.320 e. The molecule has 0 aliphatic carbocycles. The third-order valence-electron chi connectivity index (χ3n) is 2.19. The molecule has 16 heavy (non-hydrogen) atoms. The number of carbonyl (C=O) groups is 1. The molecule has 0 aromatic carbocycles. The summed E-state index contributed by atoms with van der Waals surface area (Å²) in [5.41, 5.74) is 5.14. The van der Waals surface area contributed by atoms with Gasteiger partial charge in [-0.15, -0.1) is 0 Å². The molecule has 0 bridgehead atoms. The van der Waals surface area contributed by atoms with Crippen molar-refractivity contribution in [2.75, 3.05) is 13.6 Å². The minimum Gasteiger partial charge on any atom is -0.480 e. The average molecular weight is 238 g/mol. The van der Waals surface area contributed by atoms with Gasteiger partial charge in [-0.25, -0.2) is 13.8 Å². The summed E-state index contributed by atoms with van der Waals surface area (Å²) in [4.78, 5) is 14.1. The molecule has 0 amide bonds. The highest BCUT2D eigenvalue weighted by atomic mass is 19.3. The molecule has 0 aliphatic rings. The van der Waals surface area contributed by atoms with Gasteiger partial charge >= 0.3 is 5.97 Å². The fourth-order valence-electron chi connectivity index (χ4n) is 0.981. The zero-order chi connectivity index (χ0) is 12.8. The number of alkyl halides is 2. The van der Waals surface area contributed by atoms with Gasteiger partial charge in [-0.05, 0) is 6.42 Å². The third kappa shape index (κ3) is 6.41. The Morgan fingerprint density at radius 1 is 1.62 bits per heavy atom. The summed E-state index contributed by atoms with van der Waals surface area (Å²) in [7, 11) is 1.52. The number of rotatable bonds is 6. The Labute approximate surface area is 92.7 Å². The topological polar surface area (TPSA) is 92.3 Å². The van der Waals surface area contributed by atoms with Crippen LogP contribution >= 0.6 is 0 Å². The lowest BCUT2D eigenvalue weighted by atomic mass is 10.1. The molecular weight excluding hydrogens is 220 g/mol. The molecule has 0 radical (unpaired) electrons. The highest BCUT2D eigenvalue weighted by Crippen LogP contribution is 2.18. The molecule has 0 saturated carbocycles. The van der Waals surface area contributed by atoms with Crippen LogP contribution in [0.3, 0.4) is 0 Å². The van der Waals surface area contributed by atoms with Gasteiger partial charge in [0.1, 0.15) is 12.6 Å². The number of quaternary nitrogens is 1. The van der Waals surface area contributed by atoms with E-state index in [0.29, 0.717) is 5.84 Å². The van der Waals surface area contributed by atoms with Crippen LogP contribution < -0.4 is 11.1 Å². The van der Waals surface area contributed by atoms with Crippen molar-refractivity contribution in [2.45, 2.75) is 31.7 Å². The van der Waals surface area contributed by atoms with Crippen LogP contribution in [-0.4, -0.2) is 42.5 Å². The Balaban J connectivity index is 4.00. The van der Waals surface area contributed by atoms with Crippen molar-refractivity contribution in [1.29, 1.82) is 0 Å². The number of hydrogen-bond acceptors (Lipinski definition) is 3. The summed E-state index contributed by atoms with van der Waals surface area (Å²) in [5.74, 6) is -3.66. The Hall–Kier alpha value is -1.08. The molecule has 0 saturated heterocycles. The molecule has 0 aromatic heterocycles. The van der Waals surface area contributed by atoms with Gasteiger partial charge in [0.15, 0.2) is 5.84 Å². The van der Waals surface area contributed by atoms with Gasteiger partial charge in [0, 0.05) is 20.4 Å². The van der Waals surface area contributed by atoms with Crippen molar-refractivity contribution in [3.05, 3.63) is 0 Å². The van der Waals surface area contributed by atoms with Gasteiger partial charge < -0.3 is 10.8 Å². The van der Waals surface area contributed by atoms with Crippen molar-refractivity contribution in [3.63, 3.8) is 0 Å². The van der Waals surface area contributed by atoms with Crippen LogP contribution in [-0.2, 0) is 4.79 Å².